The summed E-state index contributed by atoms with van der Waals surface area (Å²) in [4.78, 5) is 34.5. The Morgan fingerprint density at radius 2 is 1.90 bits per heavy atom. The second kappa shape index (κ2) is 11.1. The molecule has 1 aromatic heterocycles. The van der Waals surface area contributed by atoms with Gasteiger partial charge in [0.1, 0.15) is 5.75 Å². The number of amides is 2. The topological polar surface area (TPSA) is 108 Å². The summed E-state index contributed by atoms with van der Waals surface area (Å²) in [6.07, 6.45) is 4.82. The van der Waals surface area contributed by atoms with Crippen molar-refractivity contribution >= 4 is 23.2 Å². The fraction of sp³-hybridized carbons (Fsp3) is 0.174. The molecular weight excluding hydrogens is 394 g/mol. The highest BCUT2D eigenvalue weighted by molar-refractivity contribution is 5.98. The molecule has 8 heteroatoms. The molecule has 0 bridgehead atoms. The maximum Gasteiger partial charge on any atom is 0.237 e. The van der Waals surface area contributed by atoms with E-state index in [1.165, 1.54) is 17.3 Å². The molecule has 156 valence electrons. The Hall–Kier alpha value is -4.25. The normalized spacial score (nSPS) is 10.0. The van der Waals surface area contributed by atoms with Crippen LogP contribution in [0.1, 0.15) is 19.3 Å². The van der Waals surface area contributed by atoms with Gasteiger partial charge in [-0.3, -0.25) is 14.6 Å². The molecule has 3 rings (SSSR count). The van der Waals surface area contributed by atoms with Gasteiger partial charge >= 0.3 is 0 Å². The molecule has 0 radical (unpaired) electrons. The lowest BCUT2D eigenvalue weighted by Crippen LogP contribution is -2.32. The fourth-order valence-corrected chi connectivity index (χ4v) is 2.84. The summed E-state index contributed by atoms with van der Waals surface area (Å²) in [5.41, 5.74) is 1.25. The zero-order chi connectivity index (χ0) is 21.9. The number of hydrogen-bond acceptors (Lipinski definition) is 6. The summed E-state index contributed by atoms with van der Waals surface area (Å²) in [6, 6.07) is 18.0. The van der Waals surface area contributed by atoms with Crippen LogP contribution >= 0.6 is 0 Å². The number of carbonyl (C=O) groups is 2. The minimum absolute atomic E-state index is 0.0178. The van der Waals surface area contributed by atoms with Gasteiger partial charge in [-0.2, -0.15) is 5.26 Å². The van der Waals surface area contributed by atoms with Gasteiger partial charge in [0, 0.05) is 49.2 Å². The first-order valence-electron chi connectivity index (χ1n) is 9.72. The van der Waals surface area contributed by atoms with E-state index >= 15 is 0 Å². The maximum atomic E-state index is 12.7. The van der Waals surface area contributed by atoms with Gasteiger partial charge in [-0.15, -0.1) is 0 Å². The van der Waals surface area contributed by atoms with Crippen LogP contribution in [0.2, 0.25) is 0 Å². The van der Waals surface area contributed by atoms with Gasteiger partial charge < -0.3 is 15.0 Å². The number of carbonyl (C=O) groups excluding carboxylic acids is 2. The first-order chi connectivity index (χ1) is 15.2. The van der Waals surface area contributed by atoms with Crippen molar-refractivity contribution in [3.63, 3.8) is 0 Å². The van der Waals surface area contributed by atoms with Gasteiger partial charge in [0.25, 0.3) is 0 Å². The van der Waals surface area contributed by atoms with E-state index in [1.807, 2.05) is 24.3 Å². The van der Waals surface area contributed by atoms with Crippen LogP contribution < -0.4 is 15.0 Å². The molecule has 1 heterocycles. The molecule has 0 fully saturated rings. The first kappa shape index (κ1) is 21.5. The number of rotatable bonds is 9. The number of para-hydroxylation sites is 1. The molecule has 31 heavy (non-hydrogen) atoms. The Balaban J connectivity index is 1.56. The SMILES string of the molecule is N#CCCN(C(=O)CCC(=O)Nc1cccc(Oc2cnccn2)c1)c1ccccc1. The van der Waals surface area contributed by atoms with Gasteiger partial charge in [-0.1, -0.05) is 24.3 Å². The Bertz CT molecular complexity index is 1050. The molecule has 2 aromatic carbocycles. The van der Waals surface area contributed by atoms with Crippen LogP contribution in [-0.2, 0) is 9.59 Å². The number of anilines is 2. The summed E-state index contributed by atoms with van der Waals surface area (Å²) in [5.74, 6) is 0.339. The van der Waals surface area contributed by atoms with Crippen LogP contribution in [0.3, 0.4) is 0 Å². The van der Waals surface area contributed by atoms with Crippen molar-refractivity contribution in [2.75, 3.05) is 16.8 Å². The molecule has 0 saturated heterocycles. The smallest absolute Gasteiger partial charge is 0.237 e. The molecule has 0 atom stereocenters. The molecule has 0 unspecified atom stereocenters. The second-order valence-corrected chi connectivity index (χ2v) is 6.51. The van der Waals surface area contributed by atoms with E-state index in [4.69, 9.17) is 10.00 Å². The number of hydrogen-bond donors (Lipinski definition) is 1. The van der Waals surface area contributed by atoms with Crippen LogP contribution in [-0.4, -0.2) is 28.3 Å². The van der Waals surface area contributed by atoms with Crippen LogP contribution in [0, 0.1) is 11.3 Å². The lowest BCUT2D eigenvalue weighted by molar-refractivity contribution is -0.122. The molecule has 8 nitrogen and oxygen atoms in total. The zero-order valence-electron chi connectivity index (χ0n) is 16.8. The highest BCUT2D eigenvalue weighted by Crippen LogP contribution is 2.22. The molecule has 1 N–H and O–H groups in total. The maximum absolute atomic E-state index is 12.7. The average Bonchev–Trinajstić information content (AvgIpc) is 2.79. The minimum atomic E-state index is -0.293. The zero-order valence-corrected chi connectivity index (χ0v) is 16.8. The third-order valence-corrected chi connectivity index (χ3v) is 4.26. The van der Waals surface area contributed by atoms with Crippen molar-refractivity contribution in [1.29, 1.82) is 5.26 Å². The van der Waals surface area contributed by atoms with Gasteiger partial charge in [-0.05, 0) is 24.3 Å². The quantitative estimate of drug-likeness (QED) is 0.567. The Kier molecular flexibility index (Phi) is 7.66. The molecule has 2 amide bonds. The van der Waals surface area contributed by atoms with Crippen molar-refractivity contribution in [3.05, 3.63) is 73.2 Å². The largest absolute Gasteiger partial charge is 0.437 e. The van der Waals surface area contributed by atoms with E-state index in [0.717, 1.165) is 0 Å². The predicted molar refractivity (Wildman–Crippen MR) is 115 cm³/mol. The summed E-state index contributed by atoms with van der Waals surface area (Å²) >= 11 is 0. The standard InChI is InChI=1S/C23H21N5O3/c24-12-5-15-28(19-7-2-1-3-8-19)23(30)11-10-21(29)27-18-6-4-9-20(16-18)31-22-17-25-13-14-26-22/h1-4,6-9,13-14,16-17H,5,10-11,15H2,(H,27,29). The van der Waals surface area contributed by atoms with Crippen molar-refractivity contribution in [2.45, 2.75) is 19.3 Å². The number of nitrogens with one attached hydrogen (secondary N) is 1. The summed E-state index contributed by atoms with van der Waals surface area (Å²) in [7, 11) is 0. The van der Waals surface area contributed by atoms with Crippen molar-refractivity contribution in [3.8, 4) is 17.7 Å². The lowest BCUT2D eigenvalue weighted by Gasteiger charge is -2.21. The van der Waals surface area contributed by atoms with E-state index in [2.05, 4.69) is 15.3 Å². The molecule has 0 spiro atoms. The second-order valence-electron chi connectivity index (χ2n) is 6.51. The van der Waals surface area contributed by atoms with E-state index < -0.39 is 0 Å². The van der Waals surface area contributed by atoms with E-state index in [-0.39, 0.29) is 37.6 Å². The molecule has 3 aromatic rings. The summed E-state index contributed by atoms with van der Waals surface area (Å²) in [6.45, 7) is 0.280. The Labute approximate surface area is 180 Å². The van der Waals surface area contributed by atoms with Crippen molar-refractivity contribution < 1.29 is 14.3 Å². The molecule has 0 aliphatic rings. The Morgan fingerprint density at radius 1 is 1.06 bits per heavy atom. The molecule has 0 aliphatic heterocycles. The summed E-state index contributed by atoms with van der Waals surface area (Å²) in [5, 5.41) is 11.6. The van der Waals surface area contributed by atoms with Crippen LogP contribution in [0.4, 0.5) is 11.4 Å². The number of nitriles is 1. The highest BCUT2D eigenvalue weighted by atomic mass is 16.5. The van der Waals surface area contributed by atoms with Gasteiger partial charge in [0.2, 0.25) is 17.7 Å². The average molecular weight is 415 g/mol. The third kappa shape index (κ3) is 6.65. The van der Waals surface area contributed by atoms with E-state index in [0.29, 0.717) is 23.0 Å². The number of benzene rings is 2. The monoisotopic (exact) mass is 415 g/mol. The number of aromatic nitrogens is 2. The third-order valence-electron chi connectivity index (χ3n) is 4.26. The van der Waals surface area contributed by atoms with Gasteiger partial charge in [0.05, 0.1) is 18.7 Å². The predicted octanol–water partition coefficient (Wildman–Crippen LogP) is 3.93. The highest BCUT2D eigenvalue weighted by Gasteiger charge is 2.17. The molecular formula is C23H21N5O3. The van der Waals surface area contributed by atoms with Gasteiger partial charge in [-0.25, -0.2) is 4.98 Å². The number of ether oxygens (including phenoxy) is 1. The lowest BCUT2D eigenvalue weighted by atomic mass is 10.2. The van der Waals surface area contributed by atoms with Crippen molar-refractivity contribution in [1.82, 2.24) is 9.97 Å². The van der Waals surface area contributed by atoms with E-state index in [9.17, 15) is 9.59 Å². The first-order valence-corrected chi connectivity index (χ1v) is 9.72. The summed E-state index contributed by atoms with van der Waals surface area (Å²) < 4.78 is 5.60. The molecule has 0 saturated carbocycles. The Morgan fingerprint density at radius 3 is 2.65 bits per heavy atom. The molecule has 0 aliphatic carbocycles. The van der Waals surface area contributed by atoms with Crippen molar-refractivity contribution in [2.24, 2.45) is 0 Å². The van der Waals surface area contributed by atoms with Crippen LogP contribution in [0.15, 0.2) is 73.2 Å². The number of nitrogens with zero attached hydrogens (tertiary/aromatic N) is 4. The fourth-order valence-electron chi connectivity index (χ4n) is 2.84. The van der Waals surface area contributed by atoms with Crippen LogP contribution in [0.5, 0.6) is 11.6 Å². The van der Waals surface area contributed by atoms with E-state index in [1.54, 1.807) is 42.6 Å². The minimum Gasteiger partial charge on any atom is -0.437 e. The van der Waals surface area contributed by atoms with Crippen LogP contribution in [0.25, 0.3) is 0 Å². The van der Waals surface area contributed by atoms with Gasteiger partial charge in [0.15, 0.2) is 0 Å².